The summed E-state index contributed by atoms with van der Waals surface area (Å²) in [6.45, 7) is 13.8. The third-order valence-corrected chi connectivity index (χ3v) is 4.74. The van der Waals surface area contributed by atoms with Crippen molar-refractivity contribution in [3.63, 3.8) is 0 Å². The van der Waals surface area contributed by atoms with Gasteiger partial charge in [-0.3, -0.25) is 0 Å². The lowest BCUT2D eigenvalue weighted by Gasteiger charge is -2.28. The molecule has 0 heterocycles. The second-order valence-corrected chi connectivity index (χ2v) is 5.81. The molecule has 0 atom stereocenters. The van der Waals surface area contributed by atoms with Gasteiger partial charge in [0.25, 0.3) is 0 Å². The number of rotatable bonds is 2. The predicted octanol–water partition coefficient (Wildman–Crippen LogP) is 5.35. The lowest BCUT2D eigenvalue weighted by Crippen LogP contribution is -2.15. The molecule has 2 aliphatic carbocycles. The van der Waals surface area contributed by atoms with Gasteiger partial charge in [-0.25, -0.2) is 0 Å². The maximum Gasteiger partial charge on any atom is 0.0117 e. The maximum atomic E-state index is 2.41. The minimum absolute atomic E-state index is 0.207. The lowest BCUT2D eigenvalue weighted by molar-refractivity contribution is 0.554. The van der Waals surface area contributed by atoms with Crippen LogP contribution in [-0.2, 0) is 0 Å². The largest absolute Gasteiger partial charge is 0.0769 e. The fraction of sp³-hybridized carbons (Fsp3) is 0.529. The molecule has 0 saturated carbocycles. The van der Waals surface area contributed by atoms with Gasteiger partial charge in [0.2, 0.25) is 0 Å². The van der Waals surface area contributed by atoms with Crippen molar-refractivity contribution in [2.24, 2.45) is 5.41 Å². The van der Waals surface area contributed by atoms with Crippen LogP contribution in [0.1, 0.15) is 54.4 Å². The summed E-state index contributed by atoms with van der Waals surface area (Å²) in [5.41, 5.74) is 9.36. The van der Waals surface area contributed by atoms with Crippen molar-refractivity contribution in [3.8, 4) is 0 Å². The van der Waals surface area contributed by atoms with E-state index in [0.717, 1.165) is 12.8 Å². The van der Waals surface area contributed by atoms with Gasteiger partial charge in [0.1, 0.15) is 0 Å². The van der Waals surface area contributed by atoms with E-state index < -0.39 is 0 Å². The summed E-state index contributed by atoms with van der Waals surface area (Å²) in [6, 6.07) is 0. The topological polar surface area (TPSA) is 0 Å². The van der Waals surface area contributed by atoms with Gasteiger partial charge in [-0.1, -0.05) is 38.5 Å². The van der Waals surface area contributed by atoms with Crippen LogP contribution >= 0.6 is 0 Å². The van der Waals surface area contributed by atoms with Gasteiger partial charge < -0.3 is 0 Å². The van der Waals surface area contributed by atoms with Crippen molar-refractivity contribution in [2.75, 3.05) is 0 Å². The average molecular weight is 228 g/mol. The van der Waals surface area contributed by atoms with E-state index in [0.29, 0.717) is 0 Å². The highest BCUT2D eigenvalue weighted by Crippen LogP contribution is 2.51. The molecule has 0 spiro atoms. The fourth-order valence-corrected chi connectivity index (χ4v) is 3.29. The molecule has 0 bridgehead atoms. The van der Waals surface area contributed by atoms with E-state index in [4.69, 9.17) is 0 Å². The lowest BCUT2D eigenvalue weighted by atomic mass is 9.76. The zero-order valence-electron chi connectivity index (χ0n) is 12.1. The van der Waals surface area contributed by atoms with Crippen LogP contribution in [0.5, 0.6) is 0 Å². The van der Waals surface area contributed by atoms with E-state index in [1.807, 2.05) is 0 Å². The van der Waals surface area contributed by atoms with E-state index >= 15 is 0 Å². The van der Waals surface area contributed by atoms with Crippen LogP contribution in [0.25, 0.3) is 0 Å². The SMILES string of the molecule is CCC1=CCC=C1C1=C(C)C(C)=C(C)C1(C)C. The van der Waals surface area contributed by atoms with Gasteiger partial charge in [0, 0.05) is 5.41 Å². The molecule has 0 nitrogen and oxygen atoms in total. The summed E-state index contributed by atoms with van der Waals surface area (Å²) in [5.74, 6) is 0. The van der Waals surface area contributed by atoms with Gasteiger partial charge in [-0.2, -0.15) is 0 Å². The van der Waals surface area contributed by atoms with Gasteiger partial charge in [0.15, 0.2) is 0 Å². The quantitative estimate of drug-likeness (QED) is 0.598. The molecule has 2 aliphatic rings. The zero-order valence-corrected chi connectivity index (χ0v) is 12.1. The van der Waals surface area contributed by atoms with Crippen LogP contribution < -0.4 is 0 Å². The molecule has 0 aliphatic heterocycles. The van der Waals surface area contributed by atoms with E-state index in [-0.39, 0.29) is 5.41 Å². The van der Waals surface area contributed by atoms with Crippen molar-refractivity contribution >= 4 is 0 Å². The number of allylic oxidation sites excluding steroid dienone is 8. The molecule has 0 unspecified atom stereocenters. The number of hydrogen-bond acceptors (Lipinski definition) is 0. The van der Waals surface area contributed by atoms with E-state index in [1.165, 1.54) is 27.9 Å². The minimum Gasteiger partial charge on any atom is -0.0769 e. The Bertz CT molecular complexity index is 476. The van der Waals surface area contributed by atoms with Crippen LogP contribution in [0, 0.1) is 5.41 Å². The molecular formula is C17H24. The van der Waals surface area contributed by atoms with Gasteiger partial charge >= 0.3 is 0 Å². The Morgan fingerprint density at radius 2 is 1.71 bits per heavy atom. The standard InChI is InChI=1S/C17H24/c1-7-14-9-8-10-15(14)16-12(3)11(2)13(4)17(16,5)6/h9-10H,7-8H2,1-6H3. The molecule has 0 saturated heterocycles. The van der Waals surface area contributed by atoms with Crippen molar-refractivity contribution in [1.29, 1.82) is 0 Å². The van der Waals surface area contributed by atoms with Gasteiger partial charge in [-0.05, 0) is 61.5 Å². The average Bonchev–Trinajstić information content (AvgIpc) is 2.79. The molecular weight excluding hydrogens is 204 g/mol. The first kappa shape index (κ1) is 12.4. The summed E-state index contributed by atoms with van der Waals surface area (Å²) in [5, 5.41) is 0. The fourth-order valence-electron chi connectivity index (χ4n) is 3.29. The third-order valence-electron chi connectivity index (χ3n) is 4.74. The minimum atomic E-state index is 0.207. The first-order chi connectivity index (χ1) is 7.91. The molecule has 0 aromatic carbocycles. The Balaban J connectivity index is 2.53. The Hall–Kier alpha value is -1.04. The predicted molar refractivity (Wildman–Crippen MR) is 75.9 cm³/mol. The Morgan fingerprint density at radius 3 is 2.18 bits per heavy atom. The van der Waals surface area contributed by atoms with Crippen LogP contribution in [0.4, 0.5) is 0 Å². The molecule has 0 amide bonds. The second-order valence-electron chi connectivity index (χ2n) is 5.81. The highest BCUT2D eigenvalue weighted by Gasteiger charge is 2.37. The molecule has 0 aromatic rings. The van der Waals surface area contributed by atoms with Crippen LogP contribution in [-0.4, -0.2) is 0 Å². The van der Waals surface area contributed by atoms with Crippen molar-refractivity contribution in [1.82, 2.24) is 0 Å². The Labute approximate surface area is 106 Å². The monoisotopic (exact) mass is 228 g/mol. The summed E-state index contributed by atoms with van der Waals surface area (Å²) in [4.78, 5) is 0. The molecule has 0 aromatic heterocycles. The third kappa shape index (κ3) is 1.66. The smallest absolute Gasteiger partial charge is 0.0117 e. The first-order valence-electron chi connectivity index (χ1n) is 6.70. The molecule has 0 heteroatoms. The van der Waals surface area contributed by atoms with Crippen molar-refractivity contribution in [3.05, 3.63) is 45.6 Å². The summed E-state index contributed by atoms with van der Waals surface area (Å²) < 4.78 is 0. The molecule has 0 fully saturated rings. The highest BCUT2D eigenvalue weighted by molar-refractivity contribution is 5.63. The van der Waals surface area contributed by atoms with E-state index in [1.54, 1.807) is 5.57 Å². The van der Waals surface area contributed by atoms with E-state index in [2.05, 4.69) is 53.7 Å². The van der Waals surface area contributed by atoms with Crippen LogP contribution in [0.3, 0.4) is 0 Å². The number of hydrogen-bond donors (Lipinski definition) is 0. The van der Waals surface area contributed by atoms with Crippen LogP contribution in [0.2, 0.25) is 0 Å². The van der Waals surface area contributed by atoms with Crippen molar-refractivity contribution in [2.45, 2.75) is 54.4 Å². The van der Waals surface area contributed by atoms with Crippen molar-refractivity contribution < 1.29 is 0 Å². The van der Waals surface area contributed by atoms with E-state index in [9.17, 15) is 0 Å². The maximum absolute atomic E-state index is 2.41. The molecule has 17 heavy (non-hydrogen) atoms. The first-order valence-corrected chi connectivity index (χ1v) is 6.70. The Kier molecular flexibility index (Phi) is 2.93. The van der Waals surface area contributed by atoms with Gasteiger partial charge in [0.05, 0.1) is 0 Å². The summed E-state index contributed by atoms with van der Waals surface area (Å²) in [7, 11) is 0. The molecule has 2 rings (SSSR count). The molecule has 0 radical (unpaired) electrons. The second kappa shape index (κ2) is 4.01. The van der Waals surface area contributed by atoms with Gasteiger partial charge in [-0.15, -0.1) is 0 Å². The normalized spacial score (nSPS) is 23.4. The molecule has 0 N–H and O–H groups in total. The zero-order chi connectivity index (χ0) is 12.8. The highest BCUT2D eigenvalue weighted by atomic mass is 14.4. The Morgan fingerprint density at radius 1 is 1.06 bits per heavy atom. The summed E-state index contributed by atoms with van der Waals surface area (Å²) in [6.07, 6.45) is 7.06. The molecule has 92 valence electrons. The summed E-state index contributed by atoms with van der Waals surface area (Å²) >= 11 is 0. The van der Waals surface area contributed by atoms with Crippen LogP contribution in [0.15, 0.2) is 45.6 Å².